The molecular formula is C15H22N2. The Kier molecular flexibility index (Phi) is 2.83. The van der Waals surface area contributed by atoms with Gasteiger partial charge >= 0.3 is 0 Å². The van der Waals surface area contributed by atoms with Crippen LogP contribution in [0.3, 0.4) is 0 Å². The zero-order chi connectivity index (χ0) is 11.8. The molecule has 1 aliphatic heterocycles. The normalized spacial score (nSPS) is 27.5. The van der Waals surface area contributed by atoms with Gasteiger partial charge in [-0.3, -0.25) is 0 Å². The van der Waals surface area contributed by atoms with Crippen LogP contribution in [0.25, 0.3) is 0 Å². The number of anilines is 1. The van der Waals surface area contributed by atoms with Gasteiger partial charge in [-0.1, -0.05) is 24.6 Å². The minimum absolute atomic E-state index is 0.656. The predicted octanol–water partition coefficient (Wildman–Crippen LogP) is 2.69. The number of benzene rings is 1. The van der Waals surface area contributed by atoms with Crippen molar-refractivity contribution in [2.75, 3.05) is 18.0 Å². The number of para-hydroxylation sites is 1. The first kappa shape index (κ1) is 11.1. The van der Waals surface area contributed by atoms with Crippen LogP contribution in [0.2, 0.25) is 0 Å². The van der Waals surface area contributed by atoms with Crippen LogP contribution in [0, 0.1) is 18.8 Å². The van der Waals surface area contributed by atoms with E-state index in [4.69, 9.17) is 5.73 Å². The van der Waals surface area contributed by atoms with E-state index < -0.39 is 0 Å². The number of hydrogen-bond acceptors (Lipinski definition) is 2. The van der Waals surface area contributed by atoms with Crippen LogP contribution >= 0.6 is 0 Å². The molecule has 1 aliphatic carbocycles. The average Bonchev–Trinajstić information content (AvgIpc) is 2.88. The monoisotopic (exact) mass is 230 g/mol. The SMILES string of the molecule is Cc1cccc(CN)c1N1CC2CCCC2C1. The molecule has 1 saturated heterocycles. The minimum Gasteiger partial charge on any atom is -0.370 e. The molecule has 1 aromatic carbocycles. The summed E-state index contributed by atoms with van der Waals surface area (Å²) < 4.78 is 0. The number of fused-ring (bicyclic) bond motifs is 1. The van der Waals surface area contributed by atoms with Crippen molar-refractivity contribution in [2.45, 2.75) is 32.7 Å². The van der Waals surface area contributed by atoms with E-state index in [1.165, 1.54) is 49.2 Å². The second kappa shape index (κ2) is 4.34. The van der Waals surface area contributed by atoms with Crippen LogP contribution in [-0.4, -0.2) is 13.1 Å². The molecule has 1 saturated carbocycles. The molecule has 1 heterocycles. The highest BCUT2D eigenvalue weighted by atomic mass is 15.2. The fraction of sp³-hybridized carbons (Fsp3) is 0.600. The van der Waals surface area contributed by atoms with E-state index in [0.717, 1.165) is 11.8 Å². The fourth-order valence-corrected chi connectivity index (χ4v) is 3.75. The Labute approximate surface area is 104 Å². The van der Waals surface area contributed by atoms with Crippen molar-refractivity contribution in [3.63, 3.8) is 0 Å². The first-order chi connectivity index (χ1) is 8.29. The predicted molar refractivity (Wildman–Crippen MR) is 72.1 cm³/mol. The second-order valence-corrected chi connectivity index (χ2v) is 5.64. The molecule has 0 amide bonds. The van der Waals surface area contributed by atoms with E-state index in [1.54, 1.807) is 0 Å². The second-order valence-electron chi connectivity index (χ2n) is 5.64. The van der Waals surface area contributed by atoms with Crippen LogP contribution in [0.15, 0.2) is 18.2 Å². The Hall–Kier alpha value is -1.02. The van der Waals surface area contributed by atoms with E-state index in [2.05, 4.69) is 30.0 Å². The van der Waals surface area contributed by atoms with Gasteiger partial charge in [-0.05, 0) is 42.7 Å². The number of rotatable bonds is 2. The lowest BCUT2D eigenvalue weighted by atomic mass is 10.0. The molecule has 2 nitrogen and oxygen atoms in total. The number of hydrogen-bond donors (Lipinski definition) is 1. The van der Waals surface area contributed by atoms with E-state index in [1.807, 2.05) is 0 Å². The standard InChI is InChI=1S/C15H22N2/c1-11-4-2-5-12(8-16)15(11)17-9-13-6-3-7-14(13)10-17/h2,4-5,13-14H,3,6-10,16H2,1H3. The molecule has 2 unspecified atom stereocenters. The molecular weight excluding hydrogens is 208 g/mol. The van der Waals surface area contributed by atoms with Gasteiger partial charge in [-0.2, -0.15) is 0 Å². The topological polar surface area (TPSA) is 29.3 Å². The number of nitrogens with zero attached hydrogens (tertiary/aromatic N) is 1. The van der Waals surface area contributed by atoms with Crippen molar-refractivity contribution in [1.29, 1.82) is 0 Å². The van der Waals surface area contributed by atoms with Crippen molar-refractivity contribution in [3.05, 3.63) is 29.3 Å². The van der Waals surface area contributed by atoms with Crippen LogP contribution in [-0.2, 0) is 6.54 Å². The van der Waals surface area contributed by atoms with Crippen molar-refractivity contribution < 1.29 is 0 Å². The van der Waals surface area contributed by atoms with Gasteiger partial charge in [-0.25, -0.2) is 0 Å². The molecule has 92 valence electrons. The van der Waals surface area contributed by atoms with Crippen LogP contribution in [0.4, 0.5) is 5.69 Å². The van der Waals surface area contributed by atoms with Gasteiger partial charge in [0.25, 0.3) is 0 Å². The molecule has 0 bridgehead atoms. The van der Waals surface area contributed by atoms with Crippen molar-refractivity contribution in [1.82, 2.24) is 0 Å². The zero-order valence-corrected chi connectivity index (χ0v) is 10.7. The molecule has 3 rings (SSSR count). The summed E-state index contributed by atoms with van der Waals surface area (Å²) in [7, 11) is 0. The Morgan fingerprint density at radius 2 is 1.94 bits per heavy atom. The zero-order valence-electron chi connectivity index (χ0n) is 10.7. The summed E-state index contributed by atoms with van der Waals surface area (Å²) in [5.74, 6) is 1.89. The molecule has 2 N–H and O–H groups in total. The number of aryl methyl sites for hydroxylation is 1. The van der Waals surface area contributed by atoms with E-state index in [0.29, 0.717) is 6.54 Å². The molecule has 2 heteroatoms. The molecule has 1 aromatic rings. The van der Waals surface area contributed by atoms with Crippen LogP contribution < -0.4 is 10.6 Å². The first-order valence-corrected chi connectivity index (χ1v) is 6.83. The lowest BCUT2D eigenvalue weighted by Gasteiger charge is -2.24. The minimum atomic E-state index is 0.656. The van der Waals surface area contributed by atoms with Crippen molar-refractivity contribution in [3.8, 4) is 0 Å². The van der Waals surface area contributed by atoms with Gasteiger partial charge in [-0.15, -0.1) is 0 Å². The maximum atomic E-state index is 5.88. The van der Waals surface area contributed by atoms with Crippen LogP contribution in [0.1, 0.15) is 30.4 Å². The summed E-state index contributed by atoms with van der Waals surface area (Å²) in [5.41, 5.74) is 9.99. The Bertz CT molecular complexity index is 401. The third-order valence-electron chi connectivity index (χ3n) is 4.58. The average molecular weight is 230 g/mol. The quantitative estimate of drug-likeness (QED) is 0.846. The lowest BCUT2D eigenvalue weighted by Crippen LogP contribution is -2.23. The maximum Gasteiger partial charge on any atom is 0.0441 e. The molecule has 17 heavy (non-hydrogen) atoms. The van der Waals surface area contributed by atoms with Crippen molar-refractivity contribution in [2.24, 2.45) is 17.6 Å². The summed E-state index contributed by atoms with van der Waals surface area (Å²) in [6.45, 7) is 5.37. The Morgan fingerprint density at radius 3 is 2.59 bits per heavy atom. The Morgan fingerprint density at radius 1 is 1.24 bits per heavy atom. The summed E-state index contributed by atoms with van der Waals surface area (Å²) in [4.78, 5) is 2.59. The van der Waals surface area contributed by atoms with Gasteiger partial charge in [0.1, 0.15) is 0 Å². The largest absolute Gasteiger partial charge is 0.370 e. The molecule has 2 atom stereocenters. The highest BCUT2D eigenvalue weighted by Crippen LogP contribution is 2.41. The van der Waals surface area contributed by atoms with Gasteiger partial charge in [0, 0.05) is 25.3 Å². The molecule has 2 aliphatic rings. The van der Waals surface area contributed by atoms with E-state index >= 15 is 0 Å². The molecule has 0 spiro atoms. The van der Waals surface area contributed by atoms with Gasteiger partial charge in [0.2, 0.25) is 0 Å². The van der Waals surface area contributed by atoms with Gasteiger partial charge < -0.3 is 10.6 Å². The fourth-order valence-electron chi connectivity index (χ4n) is 3.75. The van der Waals surface area contributed by atoms with Crippen LogP contribution in [0.5, 0.6) is 0 Å². The van der Waals surface area contributed by atoms with E-state index in [9.17, 15) is 0 Å². The lowest BCUT2D eigenvalue weighted by molar-refractivity contribution is 0.494. The highest BCUT2D eigenvalue weighted by molar-refractivity contribution is 5.60. The number of nitrogens with two attached hydrogens (primary N) is 1. The van der Waals surface area contributed by atoms with Gasteiger partial charge in [0.15, 0.2) is 0 Å². The third kappa shape index (κ3) is 1.85. The summed E-state index contributed by atoms with van der Waals surface area (Å²) in [5, 5.41) is 0. The third-order valence-corrected chi connectivity index (χ3v) is 4.58. The van der Waals surface area contributed by atoms with Crippen molar-refractivity contribution >= 4 is 5.69 Å². The molecule has 0 aromatic heterocycles. The highest BCUT2D eigenvalue weighted by Gasteiger charge is 2.36. The smallest absolute Gasteiger partial charge is 0.0441 e. The molecule has 2 fully saturated rings. The molecule has 0 radical (unpaired) electrons. The summed E-state index contributed by atoms with van der Waals surface area (Å²) in [6.07, 6.45) is 4.32. The Balaban J connectivity index is 1.90. The van der Waals surface area contributed by atoms with Gasteiger partial charge in [0.05, 0.1) is 0 Å². The first-order valence-electron chi connectivity index (χ1n) is 6.83. The van der Waals surface area contributed by atoms with E-state index in [-0.39, 0.29) is 0 Å². The maximum absolute atomic E-state index is 5.88. The summed E-state index contributed by atoms with van der Waals surface area (Å²) >= 11 is 0. The summed E-state index contributed by atoms with van der Waals surface area (Å²) in [6, 6.07) is 6.51.